The average molecular weight is 293 g/mol. The Morgan fingerprint density at radius 3 is 2.71 bits per heavy atom. The lowest BCUT2D eigenvalue weighted by Crippen LogP contribution is -2.58. The number of hydrogen-bond acceptors (Lipinski definition) is 3. The van der Waals surface area contributed by atoms with Crippen LogP contribution >= 0.6 is 0 Å². The second-order valence-corrected chi connectivity index (χ2v) is 7.08. The van der Waals surface area contributed by atoms with E-state index in [9.17, 15) is 9.59 Å². The van der Waals surface area contributed by atoms with Gasteiger partial charge in [0.1, 0.15) is 0 Å². The molecule has 21 heavy (non-hydrogen) atoms. The Morgan fingerprint density at radius 1 is 1.24 bits per heavy atom. The predicted molar refractivity (Wildman–Crippen MR) is 80.8 cm³/mol. The van der Waals surface area contributed by atoms with Crippen LogP contribution < -0.4 is 5.32 Å². The monoisotopic (exact) mass is 293 g/mol. The van der Waals surface area contributed by atoms with Gasteiger partial charge in [0.25, 0.3) is 0 Å². The topological polar surface area (TPSA) is 52.7 Å². The van der Waals surface area contributed by atoms with E-state index in [1.807, 2.05) is 9.80 Å². The summed E-state index contributed by atoms with van der Waals surface area (Å²) in [6.07, 6.45) is 6.46. The van der Waals surface area contributed by atoms with Gasteiger partial charge in [0.05, 0.1) is 6.54 Å². The second kappa shape index (κ2) is 5.95. The summed E-state index contributed by atoms with van der Waals surface area (Å²) >= 11 is 0. The van der Waals surface area contributed by atoms with Crippen LogP contribution in [0.1, 0.15) is 45.4 Å². The van der Waals surface area contributed by atoms with Crippen molar-refractivity contribution in [2.75, 3.05) is 32.7 Å². The normalized spacial score (nSPS) is 29.8. The summed E-state index contributed by atoms with van der Waals surface area (Å²) in [6.45, 7) is 5.83. The van der Waals surface area contributed by atoms with Gasteiger partial charge in [-0.15, -0.1) is 0 Å². The SMILES string of the molecule is CC1(C(=O)N2CCCC(N3CCNCC3=O)C2)CCCC1. The lowest BCUT2D eigenvalue weighted by Gasteiger charge is -2.43. The van der Waals surface area contributed by atoms with Gasteiger partial charge in [0, 0.05) is 37.6 Å². The number of likely N-dealkylation sites (tertiary alicyclic amines) is 1. The first-order valence-electron chi connectivity index (χ1n) is 8.40. The Kier molecular flexibility index (Phi) is 4.20. The van der Waals surface area contributed by atoms with Gasteiger partial charge in [-0.05, 0) is 25.7 Å². The molecule has 2 amide bonds. The molecule has 1 atom stereocenters. The molecule has 0 aromatic heterocycles. The molecule has 0 bridgehead atoms. The van der Waals surface area contributed by atoms with Gasteiger partial charge in [0.15, 0.2) is 0 Å². The van der Waals surface area contributed by atoms with E-state index in [0.717, 1.165) is 51.9 Å². The van der Waals surface area contributed by atoms with E-state index in [1.165, 1.54) is 12.8 Å². The minimum atomic E-state index is -0.143. The molecular formula is C16H27N3O2. The van der Waals surface area contributed by atoms with Crippen LogP contribution in [-0.4, -0.2) is 60.4 Å². The van der Waals surface area contributed by atoms with Crippen molar-refractivity contribution in [3.63, 3.8) is 0 Å². The highest BCUT2D eigenvalue weighted by molar-refractivity contribution is 5.83. The van der Waals surface area contributed by atoms with E-state index in [4.69, 9.17) is 0 Å². The highest BCUT2D eigenvalue weighted by atomic mass is 16.2. The zero-order chi connectivity index (χ0) is 14.9. The third-order valence-corrected chi connectivity index (χ3v) is 5.47. The maximum atomic E-state index is 12.8. The maximum absolute atomic E-state index is 12.8. The van der Waals surface area contributed by atoms with Gasteiger partial charge in [-0.1, -0.05) is 19.8 Å². The summed E-state index contributed by atoms with van der Waals surface area (Å²) in [5.74, 6) is 0.514. The molecule has 1 N–H and O–H groups in total. The van der Waals surface area contributed by atoms with Gasteiger partial charge in [0.2, 0.25) is 11.8 Å². The van der Waals surface area contributed by atoms with Crippen LogP contribution in [-0.2, 0) is 9.59 Å². The maximum Gasteiger partial charge on any atom is 0.236 e. The fraction of sp³-hybridized carbons (Fsp3) is 0.875. The standard InChI is InChI=1S/C16H27N3O2/c1-16(6-2-3-7-16)15(21)18-9-4-5-13(12-18)19-10-8-17-11-14(19)20/h13,17H,2-12H2,1H3. The van der Waals surface area contributed by atoms with Crippen molar-refractivity contribution in [2.24, 2.45) is 5.41 Å². The first kappa shape index (κ1) is 14.8. The lowest BCUT2D eigenvalue weighted by molar-refractivity contribution is -0.146. The van der Waals surface area contributed by atoms with Crippen molar-refractivity contribution < 1.29 is 9.59 Å². The molecule has 1 aliphatic carbocycles. The molecule has 0 radical (unpaired) electrons. The van der Waals surface area contributed by atoms with Crippen molar-refractivity contribution in [3.05, 3.63) is 0 Å². The van der Waals surface area contributed by atoms with E-state index in [1.54, 1.807) is 0 Å². The summed E-state index contributed by atoms with van der Waals surface area (Å²) in [4.78, 5) is 28.9. The average Bonchev–Trinajstić information content (AvgIpc) is 2.95. The fourth-order valence-corrected chi connectivity index (χ4v) is 4.15. The van der Waals surface area contributed by atoms with Gasteiger partial charge in [-0.3, -0.25) is 9.59 Å². The van der Waals surface area contributed by atoms with Crippen LogP contribution in [0.15, 0.2) is 0 Å². The van der Waals surface area contributed by atoms with Gasteiger partial charge < -0.3 is 15.1 Å². The fourth-order valence-electron chi connectivity index (χ4n) is 4.15. The highest BCUT2D eigenvalue weighted by Gasteiger charge is 2.41. The minimum absolute atomic E-state index is 0.143. The molecule has 1 unspecified atom stereocenters. The summed E-state index contributed by atoms with van der Waals surface area (Å²) in [7, 11) is 0. The second-order valence-electron chi connectivity index (χ2n) is 7.08. The minimum Gasteiger partial charge on any atom is -0.340 e. The quantitative estimate of drug-likeness (QED) is 0.826. The number of nitrogens with one attached hydrogen (secondary N) is 1. The summed E-state index contributed by atoms with van der Waals surface area (Å²) in [6, 6.07) is 0.224. The molecule has 1 saturated carbocycles. The van der Waals surface area contributed by atoms with Gasteiger partial charge in [-0.2, -0.15) is 0 Å². The Hall–Kier alpha value is -1.10. The van der Waals surface area contributed by atoms with Crippen LogP contribution in [0.4, 0.5) is 0 Å². The zero-order valence-corrected chi connectivity index (χ0v) is 13.1. The Balaban J connectivity index is 1.65. The molecule has 5 nitrogen and oxygen atoms in total. The van der Waals surface area contributed by atoms with Gasteiger partial charge >= 0.3 is 0 Å². The molecule has 3 aliphatic rings. The van der Waals surface area contributed by atoms with Crippen LogP contribution in [0.3, 0.4) is 0 Å². The predicted octanol–water partition coefficient (Wildman–Crippen LogP) is 0.989. The first-order chi connectivity index (χ1) is 10.1. The number of amides is 2. The molecular weight excluding hydrogens is 266 g/mol. The van der Waals surface area contributed by atoms with E-state index in [0.29, 0.717) is 12.5 Å². The summed E-state index contributed by atoms with van der Waals surface area (Å²) in [5, 5.41) is 3.12. The van der Waals surface area contributed by atoms with Crippen LogP contribution in [0.5, 0.6) is 0 Å². The number of rotatable bonds is 2. The molecule has 118 valence electrons. The number of nitrogens with zero attached hydrogens (tertiary/aromatic N) is 2. The molecule has 0 aromatic rings. The number of carbonyl (C=O) groups excluding carboxylic acids is 2. The van der Waals surface area contributed by atoms with E-state index in [-0.39, 0.29) is 17.4 Å². The lowest BCUT2D eigenvalue weighted by atomic mass is 9.86. The van der Waals surface area contributed by atoms with E-state index < -0.39 is 0 Å². The largest absolute Gasteiger partial charge is 0.340 e. The Bertz CT molecular complexity index is 418. The van der Waals surface area contributed by atoms with E-state index in [2.05, 4.69) is 12.2 Å². The Labute approximate surface area is 127 Å². The van der Waals surface area contributed by atoms with Crippen molar-refractivity contribution >= 4 is 11.8 Å². The van der Waals surface area contributed by atoms with Crippen molar-refractivity contribution in [1.29, 1.82) is 0 Å². The first-order valence-corrected chi connectivity index (χ1v) is 8.40. The molecule has 0 spiro atoms. The summed E-state index contributed by atoms with van der Waals surface area (Å²) in [5.41, 5.74) is -0.143. The van der Waals surface area contributed by atoms with Crippen molar-refractivity contribution in [3.8, 4) is 0 Å². The molecule has 3 fully saturated rings. The van der Waals surface area contributed by atoms with Crippen LogP contribution in [0.25, 0.3) is 0 Å². The van der Waals surface area contributed by atoms with E-state index >= 15 is 0 Å². The third-order valence-electron chi connectivity index (χ3n) is 5.47. The molecule has 2 saturated heterocycles. The van der Waals surface area contributed by atoms with Gasteiger partial charge in [-0.25, -0.2) is 0 Å². The number of carbonyl (C=O) groups is 2. The highest BCUT2D eigenvalue weighted by Crippen LogP contribution is 2.39. The smallest absolute Gasteiger partial charge is 0.236 e. The molecule has 0 aromatic carbocycles. The zero-order valence-electron chi connectivity index (χ0n) is 13.1. The van der Waals surface area contributed by atoms with Crippen LogP contribution in [0.2, 0.25) is 0 Å². The molecule has 2 heterocycles. The number of piperazine rings is 1. The summed E-state index contributed by atoms with van der Waals surface area (Å²) < 4.78 is 0. The van der Waals surface area contributed by atoms with Crippen LogP contribution in [0, 0.1) is 5.41 Å². The molecule has 2 aliphatic heterocycles. The van der Waals surface area contributed by atoms with Crippen molar-refractivity contribution in [2.45, 2.75) is 51.5 Å². The molecule has 3 rings (SSSR count). The van der Waals surface area contributed by atoms with Crippen molar-refractivity contribution in [1.82, 2.24) is 15.1 Å². The number of piperidine rings is 1. The molecule has 5 heteroatoms. The number of hydrogen-bond donors (Lipinski definition) is 1. The Morgan fingerprint density at radius 2 is 2.00 bits per heavy atom. The third kappa shape index (κ3) is 2.93.